The number of halogens is 1. The van der Waals surface area contributed by atoms with E-state index in [9.17, 15) is 18.5 Å². The summed E-state index contributed by atoms with van der Waals surface area (Å²) >= 11 is 6.98. The number of rotatable bonds is 5. The third-order valence-electron chi connectivity index (χ3n) is 4.49. The maximum atomic E-state index is 12.5. The highest BCUT2D eigenvalue weighted by molar-refractivity contribution is 7.92. The number of hydrogen-bond donors (Lipinski definition) is 1. The van der Waals surface area contributed by atoms with Crippen molar-refractivity contribution < 1.29 is 13.2 Å². The van der Waals surface area contributed by atoms with Crippen LogP contribution in [-0.4, -0.2) is 35.3 Å². The molecule has 8 nitrogen and oxygen atoms in total. The summed E-state index contributed by atoms with van der Waals surface area (Å²) in [5, 5.41) is 19.7. The van der Waals surface area contributed by atoms with E-state index in [1.165, 1.54) is 6.08 Å². The van der Waals surface area contributed by atoms with Gasteiger partial charge in [-0.15, -0.1) is 10.2 Å². The summed E-state index contributed by atoms with van der Waals surface area (Å²) < 4.78 is 24.8. The minimum absolute atomic E-state index is 0.00801. The number of carbonyl (C=O) groups excluding carboxylic acids is 1. The maximum absolute atomic E-state index is 12.5. The molecule has 3 aromatic rings. The van der Waals surface area contributed by atoms with Gasteiger partial charge in [0.15, 0.2) is 0 Å². The maximum Gasteiger partial charge on any atom is 0.268 e. The van der Waals surface area contributed by atoms with Crippen LogP contribution in [0.25, 0.3) is 11.8 Å². The Bertz CT molecular complexity index is 1360. The largest absolute Gasteiger partial charge is 0.318 e. The molecule has 0 aliphatic rings. The van der Waals surface area contributed by atoms with Gasteiger partial charge in [-0.2, -0.15) is 5.26 Å². The number of benzene rings is 1. The third kappa shape index (κ3) is 4.85. The first-order chi connectivity index (χ1) is 14.5. The molecule has 2 aromatic heterocycles. The lowest BCUT2D eigenvalue weighted by Crippen LogP contribution is -2.13. The Morgan fingerprint density at radius 3 is 2.55 bits per heavy atom. The van der Waals surface area contributed by atoms with Gasteiger partial charge in [0.1, 0.15) is 11.6 Å². The van der Waals surface area contributed by atoms with E-state index in [0.717, 1.165) is 28.9 Å². The van der Waals surface area contributed by atoms with E-state index in [1.807, 2.05) is 55.7 Å². The van der Waals surface area contributed by atoms with Crippen molar-refractivity contribution in [3.63, 3.8) is 0 Å². The van der Waals surface area contributed by atoms with E-state index >= 15 is 0 Å². The number of hydrogen-bond acceptors (Lipinski definition) is 7. The molecular formula is C20H18ClN5O3S2. The molecule has 0 saturated heterocycles. The molecule has 0 spiro atoms. The third-order valence-corrected chi connectivity index (χ3v) is 7.41. The Morgan fingerprint density at radius 2 is 1.97 bits per heavy atom. The number of sulfone groups is 1. The standard InChI is InChI=1S/C20H18ClN5O3S2/c1-11-5-6-16(9-17(11)21)26-12(2)7-14(13(26)3)8-15(10-22)18(27)23-19-24-25-20(30-19)31(4,28)29/h5-9H,1-4H3,(H,23,24,27). The fraction of sp³-hybridized carbons (Fsp3) is 0.200. The summed E-state index contributed by atoms with van der Waals surface area (Å²) in [4.78, 5) is 12.5. The van der Waals surface area contributed by atoms with Crippen molar-refractivity contribution in [1.29, 1.82) is 5.26 Å². The van der Waals surface area contributed by atoms with Gasteiger partial charge in [0.2, 0.25) is 19.3 Å². The number of nitrogens with zero attached hydrogens (tertiary/aromatic N) is 4. The zero-order chi connectivity index (χ0) is 22.9. The highest BCUT2D eigenvalue weighted by Crippen LogP contribution is 2.26. The van der Waals surface area contributed by atoms with Crippen LogP contribution in [0.4, 0.5) is 5.13 Å². The van der Waals surface area contributed by atoms with Crippen molar-refractivity contribution >= 4 is 49.9 Å². The summed E-state index contributed by atoms with van der Waals surface area (Å²) in [6, 6.07) is 9.47. The van der Waals surface area contributed by atoms with E-state index in [4.69, 9.17) is 11.6 Å². The first-order valence-corrected chi connectivity index (χ1v) is 12.0. The average molecular weight is 476 g/mol. The predicted octanol–water partition coefficient (Wildman–Crippen LogP) is 3.86. The van der Waals surface area contributed by atoms with Gasteiger partial charge in [-0.05, 0) is 56.2 Å². The first kappa shape index (κ1) is 22.7. The molecule has 1 amide bonds. The van der Waals surface area contributed by atoms with Gasteiger partial charge in [-0.1, -0.05) is 29.0 Å². The lowest BCUT2D eigenvalue weighted by Gasteiger charge is -2.11. The molecule has 2 heterocycles. The Balaban J connectivity index is 1.92. The summed E-state index contributed by atoms with van der Waals surface area (Å²) in [6.45, 7) is 5.71. The van der Waals surface area contributed by atoms with Crippen molar-refractivity contribution in [3.05, 3.63) is 57.4 Å². The first-order valence-electron chi connectivity index (χ1n) is 8.93. The second-order valence-electron chi connectivity index (χ2n) is 6.86. The molecule has 0 bridgehead atoms. The number of aromatic nitrogens is 3. The van der Waals surface area contributed by atoms with E-state index < -0.39 is 15.7 Å². The normalized spacial score (nSPS) is 11.9. The van der Waals surface area contributed by atoms with Crippen LogP contribution < -0.4 is 5.32 Å². The van der Waals surface area contributed by atoms with Crippen LogP contribution in [0.15, 0.2) is 34.2 Å². The van der Waals surface area contributed by atoms with Crippen LogP contribution in [0.3, 0.4) is 0 Å². The van der Waals surface area contributed by atoms with Crippen LogP contribution in [0.5, 0.6) is 0 Å². The molecule has 3 rings (SSSR count). The van der Waals surface area contributed by atoms with Gasteiger partial charge in [0, 0.05) is 28.4 Å². The van der Waals surface area contributed by atoms with E-state index in [0.29, 0.717) is 21.9 Å². The fourth-order valence-electron chi connectivity index (χ4n) is 2.93. The van der Waals surface area contributed by atoms with E-state index in [1.54, 1.807) is 0 Å². The van der Waals surface area contributed by atoms with Crippen molar-refractivity contribution in [2.75, 3.05) is 11.6 Å². The zero-order valence-electron chi connectivity index (χ0n) is 17.1. The lowest BCUT2D eigenvalue weighted by atomic mass is 10.1. The Labute approximate surface area is 188 Å². The quantitative estimate of drug-likeness (QED) is 0.340. The Morgan fingerprint density at radius 1 is 1.26 bits per heavy atom. The zero-order valence-corrected chi connectivity index (χ0v) is 19.5. The lowest BCUT2D eigenvalue weighted by molar-refractivity contribution is -0.112. The van der Waals surface area contributed by atoms with Crippen molar-refractivity contribution in [2.24, 2.45) is 0 Å². The minimum Gasteiger partial charge on any atom is -0.318 e. The van der Waals surface area contributed by atoms with Crippen LogP contribution in [0.1, 0.15) is 22.5 Å². The molecule has 1 aromatic carbocycles. The average Bonchev–Trinajstić information content (AvgIpc) is 3.26. The molecule has 160 valence electrons. The SMILES string of the molecule is Cc1ccc(-n2c(C)cc(C=C(C#N)C(=O)Nc3nnc(S(C)(=O)=O)s3)c2C)cc1Cl. The van der Waals surface area contributed by atoms with Crippen LogP contribution in [-0.2, 0) is 14.6 Å². The van der Waals surface area contributed by atoms with Gasteiger partial charge in [0.25, 0.3) is 5.91 Å². The van der Waals surface area contributed by atoms with Gasteiger partial charge in [-0.25, -0.2) is 8.42 Å². The van der Waals surface area contributed by atoms with Gasteiger partial charge in [-0.3, -0.25) is 10.1 Å². The molecule has 0 aliphatic heterocycles. The topological polar surface area (TPSA) is 118 Å². The summed E-state index contributed by atoms with van der Waals surface area (Å²) in [7, 11) is -3.53. The number of carbonyl (C=O) groups is 1. The summed E-state index contributed by atoms with van der Waals surface area (Å²) in [5.74, 6) is -0.707. The molecule has 0 unspecified atom stereocenters. The van der Waals surface area contributed by atoms with Crippen LogP contribution in [0.2, 0.25) is 5.02 Å². The molecule has 31 heavy (non-hydrogen) atoms. The number of anilines is 1. The molecule has 11 heteroatoms. The molecule has 0 atom stereocenters. The number of nitriles is 1. The molecule has 0 radical (unpaired) electrons. The predicted molar refractivity (Wildman–Crippen MR) is 120 cm³/mol. The molecular weight excluding hydrogens is 458 g/mol. The smallest absolute Gasteiger partial charge is 0.268 e. The molecule has 0 saturated carbocycles. The molecule has 1 N–H and O–H groups in total. The highest BCUT2D eigenvalue weighted by Gasteiger charge is 2.18. The van der Waals surface area contributed by atoms with E-state index in [2.05, 4.69) is 15.5 Å². The van der Waals surface area contributed by atoms with Crippen LogP contribution >= 0.6 is 22.9 Å². The number of amides is 1. The van der Waals surface area contributed by atoms with Gasteiger partial charge in [0.05, 0.1) is 0 Å². The molecule has 0 aliphatic carbocycles. The Kier molecular flexibility index (Phi) is 6.31. The number of nitrogens with one attached hydrogen (secondary N) is 1. The fourth-order valence-corrected chi connectivity index (χ4v) is 4.61. The van der Waals surface area contributed by atoms with Crippen molar-refractivity contribution in [3.8, 4) is 11.8 Å². The van der Waals surface area contributed by atoms with Crippen LogP contribution in [0, 0.1) is 32.1 Å². The van der Waals surface area contributed by atoms with E-state index in [-0.39, 0.29) is 15.0 Å². The minimum atomic E-state index is -3.53. The van der Waals surface area contributed by atoms with Gasteiger partial charge >= 0.3 is 0 Å². The second-order valence-corrected chi connectivity index (χ2v) is 10.4. The highest BCUT2D eigenvalue weighted by atomic mass is 35.5. The Hall–Kier alpha value is -3.00. The monoisotopic (exact) mass is 475 g/mol. The summed E-state index contributed by atoms with van der Waals surface area (Å²) in [6.07, 6.45) is 2.47. The van der Waals surface area contributed by atoms with Crippen molar-refractivity contribution in [2.45, 2.75) is 25.1 Å². The second kappa shape index (κ2) is 8.63. The van der Waals surface area contributed by atoms with Gasteiger partial charge < -0.3 is 4.57 Å². The summed E-state index contributed by atoms with van der Waals surface area (Å²) in [5.41, 5.74) is 4.10. The molecule has 0 fully saturated rings. The van der Waals surface area contributed by atoms with Crippen molar-refractivity contribution in [1.82, 2.24) is 14.8 Å². The number of aryl methyl sites for hydroxylation is 2.